The smallest absolute Gasteiger partial charge is 0.282 e. The molecule has 0 aromatic heterocycles. The first-order valence-corrected chi connectivity index (χ1v) is 9.58. The van der Waals surface area contributed by atoms with E-state index >= 15 is 0 Å². The molecule has 8 heteroatoms. The molecule has 154 valence electrons. The first kappa shape index (κ1) is 20.8. The number of nitrogens with one attached hydrogen (secondary N) is 1. The van der Waals surface area contributed by atoms with Gasteiger partial charge in [-0.15, -0.1) is 0 Å². The number of nitrogens with zero attached hydrogens (tertiary/aromatic N) is 3. The second kappa shape index (κ2) is 9.49. The molecule has 1 N–H and O–H groups in total. The van der Waals surface area contributed by atoms with Crippen molar-refractivity contribution in [2.45, 2.75) is 6.04 Å². The van der Waals surface area contributed by atoms with Crippen LogP contribution in [0.1, 0.15) is 22.0 Å². The molecule has 1 aliphatic rings. The molecule has 2 aromatic rings. The number of nitro groups is 1. The van der Waals surface area contributed by atoms with Gasteiger partial charge in [0.05, 0.1) is 24.2 Å². The van der Waals surface area contributed by atoms with Gasteiger partial charge in [0.2, 0.25) is 0 Å². The number of morpholine rings is 1. The molecule has 1 unspecified atom stereocenters. The third-order valence-electron chi connectivity index (χ3n) is 5.08. The van der Waals surface area contributed by atoms with E-state index in [4.69, 9.17) is 4.74 Å². The first-order valence-electron chi connectivity index (χ1n) is 9.58. The van der Waals surface area contributed by atoms with Crippen LogP contribution in [0, 0.1) is 10.1 Å². The van der Waals surface area contributed by atoms with Gasteiger partial charge in [-0.2, -0.15) is 0 Å². The van der Waals surface area contributed by atoms with Crippen LogP contribution in [0.3, 0.4) is 0 Å². The lowest BCUT2D eigenvalue weighted by Gasteiger charge is -2.35. The van der Waals surface area contributed by atoms with Crippen molar-refractivity contribution >= 4 is 17.3 Å². The summed E-state index contributed by atoms with van der Waals surface area (Å²) in [4.78, 5) is 27.7. The molecule has 8 nitrogen and oxygen atoms in total. The molecular formula is C21H26N4O4. The zero-order valence-electron chi connectivity index (χ0n) is 16.7. The molecule has 1 atom stereocenters. The van der Waals surface area contributed by atoms with Crippen LogP contribution in [0.4, 0.5) is 11.4 Å². The van der Waals surface area contributed by atoms with Gasteiger partial charge in [0.1, 0.15) is 5.56 Å². The van der Waals surface area contributed by atoms with E-state index in [1.54, 1.807) is 12.1 Å². The average Bonchev–Trinajstić information content (AvgIpc) is 2.74. The Hall–Kier alpha value is -2.97. The predicted octanol–water partition coefficient (Wildman–Crippen LogP) is 2.46. The van der Waals surface area contributed by atoms with Crippen molar-refractivity contribution in [1.29, 1.82) is 0 Å². The number of ether oxygens (including phenoxy) is 1. The van der Waals surface area contributed by atoms with Crippen molar-refractivity contribution in [3.05, 3.63) is 69.8 Å². The Labute approximate surface area is 170 Å². The maximum absolute atomic E-state index is 12.7. The van der Waals surface area contributed by atoms with Crippen molar-refractivity contribution in [2.24, 2.45) is 0 Å². The summed E-state index contributed by atoms with van der Waals surface area (Å²) in [6.45, 7) is 3.17. The predicted molar refractivity (Wildman–Crippen MR) is 111 cm³/mol. The quantitative estimate of drug-likeness (QED) is 0.569. The van der Waals surface area contributed by atoms with Crippen molar-refractivity contribution in [3.8, 4) is 0 Å². The monoisotopic (exact) mass is 398 g/mol. The molecule has 1 amide bonds. The number of hydrogen-bond acceptors (Lipinski definition) is 6. The number of anilines is 1. The molecule has 1 aliphatic heterocycles. The number of carbonyl (C=O) groups is 1. The van der Waals surface area contributed by atoms with E-state index in [1.165, 1.54) is 12.1 Å². The fourth-order valence-electron chi connectivity index (χ4n) is 3.45. The van der Waals surface area contributed by atoms with E-state index in [0.29, 0.717) is 19.8 Å². The highest BCUT2D eigenvalue weighted by atomic mass is 16.6. The molecule has 0 radical (unpaired) electrons. The Balaban J connectivity index is 1.78. The average molecular weight is 398 g/mol. The van der Waals surface area contributed by atoms with E-state index in [2.05, 4.69) is 22.3 Å². The summed E-state index contributed by atoms with van der Waals surface area (Å²) in [7, 11) is 3.98. The number of rotatable bonds is 7. The van der Waals surface area contributed by atoms with Crippen LogP contribution >= 0.6 is 0 Å². The van der Waals surface area contributed by atoms with Gasteiger partial charge < -0.3 is 15.0 Å². The summed E-state index contributed by atoms with van der Waals surface area (Å²) >= 11 is 0. The molecule has 29 heavy (non-hydrogen) atoms. The minimum Gasteiger partial charge on any atom is -0.379 e. The second-order valence-electron chi connectivity index (χ2n) is 7.13. The van der Waals surface area contributed by atoms with E-state index in [9.17, 15) is 14.9 Å². The summed E-state index contributed by atoms with van der Waals surface area (Å²) < 4.78 is 5.46. The number of benzene rings is 2. The van der Waals surface area contributed by atoms with Gasteiger partial charge in [-0.1, -0.05) is 24.3 Å². The molecule has 1 saturated heterocycles. The van der Waals surface area contributed by atoms with Gasteiger partial charge >= 0.3 is 0 Å². The van der Waals surface area contributed by atoms with Crippen LogP contribution in [0.2, 0.25) is 0 Å². The summed E-state index contributed by atoms with van der Waals surface area (Å²) in [5, 5.41) is 14.1. The van der Waals surface area contributed by atoms with Crippen molar-refractivity contribution in [2.75, 3.05) is 51.8 Å². The molecule has 1 heterocycles. The van der Waals surface area contributed by atoms with Gasteiger partial charge in [-0.25, -0.2) is 0 Å². The van der Waals surface area contributed by atoms with Crippen LogP contribution in [0.15, 0.2) is 48.5 Å². The zero-order valence-corrected chi connectivity index (χ0v) is 16.7. The van der Waals surface area contributed by atoms with Crippen LogP contribution in [0.25, 0.3) is 0 Å². The minimum atomic E-state index is -0.533. The topological polar surface area (TPSA) is 88.0 Å². The maximum atomic E-state index is 12.7. The highest BCUT2D eigenvalue weighted by Crippen LogP contribution is 2.24. The Kier molecular flexibility index (Phi) is 6.79. The summed E-state index contributed by atoms with van der Waals surface area (Å²) in [6.07, 6.45) is 0. The van der Waals surface area contributed by atoms with Gasteiger partial charge in [0.25, 0.3) is 11.6 Å². The van der Waals surface area contributed by atoms with E-state index in [1.807, 2.05) is 31.1 Å². The molecule has 3 rings (SSSR count). The number of carbonyl (C=O) groups excluding carboxylic acids is 1. The fourth-order valence-corrected chi connectivity index (χ4v) is 3.45. The third-order valence-corrected chi connectivity index (χ3v) is 5.08. The molecule has 0 bridgehead atoms. The van der Waals surface area contributed by atoms with Crippen LogP contribution in [-0.2, 0) is 4.74 Å². The number of nitro benzene ring substituents is 1. The lowest BCUT2D eigenvalue weighted by Crippen LogP contribution is -2.43. The lowest BCUT2D eigenvalue weighted by molar-refractivity contribution is -0.385. The Morgan fingerprint density at radius 2 is 1.83 bits per heavy atom. The molecule has 0 saturated carbocycles. The van der Waals surface area contributed by atoms with Crippen LogP contribution < -0.4 is 10.2 Å². The minimum absolute atomic E-state index is 0.0400. The normalized spacial score (nSPS) is 15.5. The molecule has 2 aromatic carbocycles. The Morgan fingerprint density at radius 1 is 1.17 bits per heavy atom. The molecular weight excluding hydrogens is 372 g/mol. The number of hydrogen-bond donors (Lipinski definition) is 1. The standard InChI is InChI=1S/C21H26N4O4/c1-23(2)17-9-7-16(8-10-17)20(24-11-13-29-14-12-24)15-22-21(26)18-5-3-4-6-19(18)25(27)28/h3-10,20H,11-15H2,1-2H3,(H,22,26). The van der Waals surface area contributed by atoms with Crippen molar-refractivity contribution < 1.29 is 14.5 Å². The van der Waals surface area contributed by atoms with E-state index in [0.717, 1.165) is 24.3 Å². The Morgan fingerprint density at radius 3 is 2.45 bits per heavy atom. The molecule has 1 fully saturated rings. The fraction of sp³-hybridized carbons (Fsp3) is 0.381. The molecule has 0 aliphatic carbocycles. The largest absolute Gasteiger partial charge is 0.379 e. The van der Waals surface area contributed by atoms with Gasteiger partial charge in [-0.05, 0) is 23.8 Å². The lowest BCUT2D eigenvalue weighted by atomic mass is 10.0. The highest BCUT2D eigenvalue weighted by molar-refractivity contribution is 5.98. The summed E-state index contributed by atoms with van der Waals surface area (Å²) in [5.74, 6) is -0.444. The zero-order chi connectivity index (χ0) is 20.8. The van der Waals surface area contributed by atoms with Gasteiger partial charge in [-0.3, -0.25) is 19.8 Å². The van der Waals surface area contributed by atoms with Gasteiger partial charge in [0.15, 0.2) is 0 Å². The first-order chi connectivity index (χ1) is 14.0. The molecule has 0 spiro atoms. The van der Waals surface area contributed by atoms with E-state index < -0.39 is 10.8 Å². The SMILES string of the molecule is CN(C)c1ccc(C(CNC(=O)c2ccccc2[N+](=O)[O-])N2CCOCC2)cc1. The number of para-hydroxylation sites is 1. The summed E-state index contributed by atoms with van der Waals surface area (Å²) in [6, 6.07) is 14.2. The van der Waals surface area contributed by atoms with Crippen LogP contribution in [-0.4, -0.2) is 62.7 Å². The number of amides is 1. The summed E-state index contributed by atoms with van der Waals surface area (Å²) in [5.41, 5.74) is 2.06. The van der Waals surface area contributed by atoms with Gasteiger partial charge in [0, 0.05) is 45.5 Å². The van der Waals surface area contributed by atoms with Crippen molar-refractivity contribution in [1.82, 2.24) is 10.2 Å². The highest BCUT2D eigenvalue weighted by Gasteiger charge is 2.25. The second-order valence-corrected chi connectivity index (χ2v) is 7.13. The van der Waals surface area contributed by atoms with Crippen molar-refractivity contribution in [3.63, 3.8) is 0 Å². The third kappa shape index (κ3) is 5.10. The van der Waals surface area contributed by atoms with E-state index in [-0.39, 0.29) is 17.3 Å². The Bertz CT molecular complexity index is 848. The maximum Gasteiger partial charge on any atom is 0.282 e. The van der Waals surface area contributed by atoms with Crippen LogP contribution in [0.5, 0.6) is 0 Å².